The third-order valence-electron chi connectivity index (χ3n) is 13.8. The molecule has 0 bridgehead atoms. The maximum Gasteiger partial charge on any atom is 0.310 e. The molecule has 37 heavy (non-hydrogen) atoms. The summed E-state index contributed by atoms with van der Waals surface area (Å²) in [7, 11) is 0. The van der Waals surface area contributed by atoms with Crippen molar-refractivity contribution in [2.45, 2.75) is 125 Å². The normalized spacial score (nSPS) is 52.5. The number of ether oxygens (including phenoxy) is 1. The Morgan fingerprint density at radius 3 is 2.19 bits per heavy atom. The zero-order chi connectivity index (χ0) is 27.4. The second-order valence-corrected chi connectivity index (χ2v) is 15.3. The van der Waals surface area contributed by atoms with Crippen molar-refractivity contribution in [1.29, 1.82) is 0 Å². The molecular weight excluding hydrogens is 464 g/mol. The number of allylic oxidation sites excluding steroid dienone is 2. The van der Waals surface area contributed by atoms with E-state index in [1.807, 2.05) is 6.92 Å². The monoisotopic (exact) mass is 514 g/mol. The van der Waals surface area contributed by atoms with Crippen LogP contribution in [0.3, 0.4) is 0 Å². The van der Waals surface area contributed by atoms with Crippen LogP contribution in [0.25, 0.3) is 0 Å². The minimum Gasteiger partial charge on any atom is -0.481 e. The molecule has 4 saturated carbocycles. The van der Waals surface area contributed by atoms with Gasteiger partial charge in [-0.05, 0) is 98.2 Å². The Kier molecular flexibility index (Phi) is 5.95. The average molecular weight is 515 g/mol. The number of carbonyl (C=O) groups is 2. The van der Waals surface area contributed by atoms with Gasteiger partial charge in [-0.1, -0.05) is 53.2 Å². The van der Waals surface area contributed by atoms with Gasteiger partial charge < -0.3 is 14.9 Å². The van der Waals surface area contributed by atoms with E-state index in [2.05, 4.69) is 47.6 Å². The molecule has 0 aromatic rings. The Hall–Kier alpha value is -1.36. The zero-order valence-electron chi connectivity index (χ0n) is 24.4. The van der Waals surface area contributed by atoms with E-state index in [-0.39, 0.29) is 45.6 Å². The SMILES string of the molecule is CC(=O)OC1(C)CCC2(C(=O)O)CCC3(C)C(=CCC4C5(C)CCC(O)C(C)(C)C5CCC43C)C2C1C. The predicted octanol–water partition coefficient (Wildman–Crippen LogP) is 6.78. The maximum absolute atomic E-state index is 13.0. The summed E-state index contributed by atoms with van der Waals surface area (Å²) in [6.45, 7) is 17.6. The fourth-order valence-electron chi connectivity index (χ4n) is 11.3. The molecule has 0 radical (unpaired) electrons. The van der Waals surface area contributed by atoms with Crippen molar-refractivity contribution in [1.82, 2.24) is 0 Å². The third kappa shape index (κ3) is 3.31. The quantitative estimate of drug-likeness (QED) is 0.314. The second kappa shape index (κ2) is 8.08. The van der Waals surface area contributed by atoms with Gasteiger partial charge in [-0.15, -0.1) is 0 Å². The number of hydrogen-bond acceptors (Lipinski definition) is 4. The summed E-state index contributed by atoms with van der Waals surface area (Å²) in [4.78, 5) is 25.1. The first kappa shape index (κ1) is 27.2. The molecule has 0 amide bonds. The topological polar surface area (TPSA) is 83.8 Å². The van der Waals surface area contributed by atoms with Crippen LogP contribution in [0.15, 0.2) is 11.6 Å². The van der Waals surface area contributed by atoms with E-state index < -0.39 is 17.0 Å². The maximum atomic E-state index is 13.0. The summed E-state index contributed by atoms with van der Waals surface area (Å²) in [6.07, 6.45) is 10.1. The Balaban J connectivity index is 1.62. The molecule has 5 rings (SSSR count). The van der Waals surface area contributed by atoms with Crippen LogP contribution in [0.1, 0.15) is 113 Å². The molecule has 10 atom stereocenters. The molecule has 0 aliphatic heterocycles. The number of carboxylic acids is 1. The van der Waals surface area contributed by atoms with E-state index in [1.165, 1.54) is 12.5 Å². The lowest BCUT2D eigenvalue weighted by Gasteiger charge is -2.71. The molecule has 0 aromatic carbocycles. The highest BCUT2D eigenvalue weighted by Gasteiger charge is 2.70. The van der Waals surface area contributed by atoms with Crippen LogP contribution in [-0.2, 0) is 14.3 Å². The van der Waals surface area contributed by atoms with Crippen LogP contribution in [0.5, 0.6) is 0 Å². The molecule has 0 aromatic heterocycles. The van der Waals surface area contributed by atoms with Gasteiger partial charge in [0, 0.05) is 18.8 Å². The van der Waals surface area contributed by atoms with E-state index in [4.69, 9.17) is 4.74 Å². The number of aliphatic carboxylic acids is 1. The summed E-state index contributed by atoms with van der Waals surface area (Å²) in [5.74, 6) is -0.159. The highest BCUT2D eigenvalue weighted by molar-refractivity contribution is 5.77. The largest absolute Gasteiger partial charge is 0.481 e. The summed E-state index contributed by atoms with van der Waals surface area (Å²) in [5, 5.41) is 21.6. The lowest BCUT2D eigenvalue weighted by atomic mass is 9.33. The van der Waals surface area contributed by atoms with Crippen molar-refractivity contribution >= 4 is 11.9 Å². The molecule has 0 heterocycles. The minimum atomic E-state index is -0.786. The minimum absolute atomic E-state index is 0.0667. The fourth-order valence-corrected chi connectivity index (χ4v) is 11.3. The van der Waals surface area contributed by atoms with Crippen molar-refractivity contribution < 1.29 is 24.5 Å². The Morgan fingerprint density at radius 2 is 1.57 bits per heavy atom. The number of hydrogen-bond donors (Lipinski definition) is 2. The van der Waals surface area contributed by atoms with Crippen LogP contribution in [0.4, 0.5) is 0 Å². The molecule has 0 saturated heterocycles. The van der Waals surface area contributed by atoms with Crippen LogP contribution in [0, 0.1) is 50.7 Å². The number of rotatable bonds is 2. The van der Waals surface area contributed by atoms with Crippen LogP contribution in [0.2, 0.25) is 0 Å². The molecular formula is C32H50O5. The summed E-state index contributed by atoms with van der Waals surface area (Å²) < 4.78 is 5.95. The smallest absolute Gasteiger partial charge is 0.310 e. The molecule has 0 spiro atoms. The van der Waals surface area contributed by atoms with E-state index >= 15 is 0 Å². The van der Waals surface area contributed by atoms with Crippen LogP contribution in [-0.4, -0.2) is 33.9 Å². The van der Waals surface area contributed by atoms with Crippen LogP contribution >= 0.6 is 0 Å². The molecule has 208 valence electrons. The number of fused-ring (bicyclic) bond motifs is 7. The third-order valence-corrected chi connectivity index (χ3v) is 13.8. The fraction of sp³-hybridized carbons (Fsp3) is 0.875. The van der Waals surface area contributed by atoms with Gasteiger partial charge in [0.05, 0.1) is 11.5 Å². The highest BCUT2D eigenvalue weighted by atomic mass is 16.6. The number of aliphatic hydroxyl groups excluding tert-OH is 1. The van der Waals surface area contributed by atoms with Gasteiger partial charge >= 0.3 is 11.9 Å². The van der Waals surface area contributed by atoms with Crippen molar-refractivity contribution in [3.05, 3.63) is 11.6 Å². The summed E-state index contributed by atoms with van der Waals surface area (Å²) >= 11 is 0. The van der Waals surface area contributed by atoms with Crippen molar-refractivity contribution in [2.75, 3.05) is 0 Å². The van der Waals surface area contributed by atoms with Gasteiger partial charge in [0.1, 0.15) is 5.60 Å². The molecule has 4 fully saturated rings. The van der Waals surface area contributed by atoms with Crippen LogP contribution < -0.4 is 0 Å². The summed E-state index contributed by atoms with van der Waals surface area (Å²) in [6, 6.07) is 0. The molecule has 5 aliphatic rings. The predicted molar refractivity (Wildman–Crippen MR) is 144 cm³/mol. The summed E-state index contributed by atoms with van der Waals surface area (Å²) in [5.41, 5.74) is -0.0507. The van der Waals surface area contributed by atoms with Gasteiger partial charge in [0.2, 0.25) is 0 Å². The van der Waals surface area contributed by atoms with Crippen molar-refractivity contribution in [3.8, 4) is 0 Å². The van der Waals surface area contributed by atoms with E-state index in [1.54, 1.807) is 0 Å². The lowest BCUT2D eigenvalue weighted by Crippen LogP contribution is -2.66. The first-order valence-electron chi connectivity index (χ1n) is 14.8. The van der Waals surface area contributed by atoms with Gasteiger partial charge in [-0.2, -0.15) is 0 Å². The Labute approximate surface area is 223 Å². The Bertz CT molecular complexity index is 1030. The molecule has 5 nitrogen and oxygen atoms in total. The van der Waals surface area contributed by atoms with E-state index in [0.29, 0.717) is 31.1 Å². The lowest BCUT2D eigenvalue weighted by molar-refractivity contribution is -0.214. The highest BCUT2D eigenvalue weighted by Crippen LogP contribution is 2.76. The van der Waals surface area contributed by atoms with Crippen molar-refractivity contribution in [2.24, 2.45) is 50.7 Å². The standard InChI is InChI=1S/C32H50O5/c1-19-25-21-9-10-23-28(5)13-12-24(34)27(3,4)22(28)11-14-30(23,7)29(21,6)15-17-32(25,26(35)36)18-16-31(19,8)37-20(2)33/h9,19,22-25,34H,10-18H2,1-8H3,(H,35,36). The number of carbonyl (C=O) groups excluding carboxylic acids is 1. The number of aliphatic hydroxyl groups is 1. The zero-order valence-corrected chi connectivity index (χ0v) is 24.4. The molecule has 5 aliphatic carbocycles. The van der Waals surface area contributed by atoms with Gasteiger partial charge in [-0.25, -0.2) is 0 Å². The van der Waals surface area contributed by atoms with Gasteiger partial charge in [0.15, 0.2) is 0 Å². The molecule has 10 unspecified atom stereocenters. The first-order chi connectivity index (χ1) is 17.0. The van der Waals surface area contributed by atoms with Gasteiger partial charge in [0.25, 0.3) is 0 Å². The first-order valence-corrected chi connectivity index (χ1v) is 14.8. The number of carboxylic acid groups (broad SMARTS) is 1. The van der Waals surface area contributed by atoms with Crippen molar-refractivity contribution in [3.63, 3.8) is 0 Å². The van der Waals surface area contributed by atoms with E-state index in [9.17, 15) is 19.8 Å². The van der Waals surface area contributed by atoms with E-state index in [0.717, 1.165) is 38.5 Å². The number of esters is 1. The Morgan fingerprint density at radius 1 is 0.919 bits per heavy atom. The average Bonchev–Trinajstić information content (AvgIpc) is 2.79. The molecule has 5 heteroatoms. The van der Waals surface area contributed by atoms with Gasteiger partial charge in [-0.3, -0.25) is 9.59 Å². The molecule has 2 N–H and O–H groups in total. The second-order valence-electron chi connectivity index (χ2n) is 15.3.